The molecule has 0 spiro atoms. The second-order valence-corrected chi connectivity index (χ2v) is 8.46. The Morgan fingerprint density at radius 3 is 2.77 bits per heavy atom. The van der Waals surface area contributed by atoms with Crippen molar-refractivity contribution in [2.24, 2.45) is 5.92 Å². The molecule has 0 aromatic carbocycles. The molecule has 1 fully saturated rings. The van der Waals surface area contributed by atoms with E-state index in [1.165, 1.54) is 4.57 Å². The van der Waals surface area contributed by atoms with Gasteiger partial charge in [-0.05, 0) is 68.7 Å². The molecule has 0 aliphatic heterocycles. The predicted octanol–water partition coefficient (Wildman–Crippen LogP) is 4.71. The number of fused-ring (bicyclic) bond motifs is 1. The molecule has 6 nitrogen and oxygen atoms in total. The Labute approximate surface area is 180 Å². The molecule has 7 heteroatoms. The summed E-state index contributed by atoms with van der Waals surface area (Å²) in [6.45, 7) is 2.10. The first-order chi connectivity index (χ1) is 15.1. The summed E-state index contributed by atoms with van der Waals surface area (Å²) in [5.74, 6) is 0.980. The summed E-state index contributed by atoms with van der Waals surface area (Å²) in [5.41, 5.74) is 0.970. The maximum Gasteiger partial charge on any atom is 0.265 e. The maximum atomic E-state index is 13.2. The Kier molecular flexibility index (Phi) is 6.49. The minimum Gasteiger partial charge on any atom is -0.464 e. The standard InChI is InChI=1S/C24H28FN3O3/c1-16-6-8-19(9-7-16)27-23(29)20-14-17-13-18(21-5-4-12-31-21)15-26-22(17)28(24(20)30)11-3-2-10-25/h4-5,12-16,19H,2-3,6-11H2,1H3,(H,27,29). The number of rotatable bonds is 7. The van der Waals surface area contributed by atoms with Gasteiger partial charge in [-0.1, -0.05) is 6.92 Å². The lowest BCUT2D eigenvalue weighted by Crippen LogP contribution is -2.40. The Morgan fingerprint density at radius 1 is 1.26 bits per heavy atom. The number of nitrogens with one attached hydrogen (secondary N) is 1. The topological polar surface area (TPSA) is 77.1 Å². The van der Waals surface area contributed by atoms with Crippen molar-refractivity contribution in [2.75, 3.05) is 6.67 Å². The molecule has 1 aliphatic carbocycles. The van der Waals surface area contributed by atoms with Crippen molar-refractivity contribution in [1.82, 2.24) is 14.9 Å². The van der Waals surface area contributed by atoms with Gasteiger partial charge in [-0.25, -0.2) is 4.98 Å². The molecule has 3 aromatic heterocycles. The number of nitrogens with zero attached hydrogens (tertiary/aromatic N) is 2. The summed E-state index contributed by atoms with van der Waals surface area (Å²) >= 11 is 0. The number of alkyl halides is 1. The molecule has 0 bridgehead atoms. The van der Waals surface area contributed by atoms with E-state index in [4.69, 9.17) is 4.42 Å². The van der Waals surface area contributed by atoms with Crippen molar-refractivity contribution in [1.29, 1.82) is 0 Å². The molecule has 1 N–H and O–H groups in total. The minimum atomic E-state index is -0.441. The van der Waals surface area contributed by atoms with Crippen molar-refractivity contribution in [3.63, 3.8) is 0 Å². The minimum absolute atomic E-state index is 0.0892. The second-order valence-electron chi connectivity index (χ2n) is 8.46. The van der Waals surface area contributed by atoms with Gasteiger partial charge in [0.15, 0.2) is 0 Å². The highest BCUT2D eigenvalue weighted by atomic mass is 19.1. The molecule has 0 atom stereocenters. The van der Waals surface area contributed by atoms with Crippen LogP contribution in [0.2, 0.25) is 0 Å². The molecule has 3 aromatic rings. The van der Waals surface area contributed by atoms with Crippen LogP contribution in [-0.4, -0.2) is 28.2 Å². The fourth-order valence-corrected chi connectivity index (χ4v) is 4.24. The van der Waals surface area contributed by atoms with Gasteiger partial charge in [0.2, 0.25) is 0 Å². The van der Waals surface area contributed by atoms with Gasteiger partial charge in [0.25, 0.3) is 11.5 Å². The van der Waals surface area contributed by atoms with Crippen LogP contribution in [0.25, 0.3) is 22.4 Å². The fourth-order valence-electron chi connectivity index (χ4n) is 4.24. The Hall–Kier alpha value is -2.96. The number of halogens is 1. The van der Waals surface area contributed by atoms with Crippen molar-refractivity contribution in [3.05, 3.63) is 52.6 Å². The normalized spacial score (nSPS) is 18.9. The van der Waals surface area contributed by atoms with Crippen molar-refractivity contribution in [2.45, 2.75) is 58.0 Å². The Balaban J connectivity index is 1.71. The number of hydrogen-bond acceptors (Lipinski definition) is 4. The number of unbranched alkanes of at least 4 members (excludes halogenated alkanes) is 1. The van der Waals surface area contributed by atoms with Crippen LogP contribution in [0.4, 0.5) is 4.39 Å². The van der Waals surface area contributed by atoms with E-state index in [1.807, 2.05) is 12.1 Å². The highest BCUT2D eigenvalue weighted by molar-refractivity contribution is 5.97. The first-order valence-corrected chi connectivity index (χ1v) is 11.0. The number of hydrogen-bond donors (Lipinski definition) is 1. The highest BCUT2D eigenvalue weighted by Crippen LogP contribution is 2.25. The van der Waals surface area contributed by atoms with Crippen LogP contribution < -0.4 is 10.9 Å². The smallest absolute Gasteiger partial charge is 0.265 e. The van der Waals surface area contributed by atoms with Gasteiger partial charge in [0.1, 0.15) is 17.0 Å². The first kappa shape index (κ1) is 21.3. The number of carbonyl (C=O) groups is 1. The van der Waals surface area contributed by atoms with E-state index in [-0.39, 0.29) is 23.1 Å². The highest BCUT2D eigenvalue weighted by Gasteiger charge is 2.23. The zero-order valence-electron chi connectivity index (χ0n) is 17.8. The van der Waals surface area contributed by atoms with E-state index >= 15 is 0 Å². The van der Waals surface area contributed by atoms with E-state index in [2.05, 4.69) is 17.2 Å². The third kappa shape index (κ3) is 4.70. The van der Waals surface area contributed by atoms with Crippen LogP contribution in [0.1, 0.15) is 55.8 Å². The molecule has 3 heterocycles. The van der Waals surface area contributed by atoms with Gasteiger partial charge in [-0.15, -0.1) is 0 Å². The number of aromatic nitrogens is 2. The van der Waals surface area contributed by atoms with Crippen LogP contribution in [0.15, 0.2) is 45.9 Å². The van der Waals surface area contributed by atoms with Crippen LogP contribution in [0, 0.1) is 5.92 Å². The zero-order chi connectivity index (χ0) is 21.8. The lowest BCUT2D eigenvalue weighted by Gasteiger charge is -2.27. The van der Waals surface area contributed by atoms with E-state index < -0.39 is 6.67 Å². The average molecular weight is 426 g/mol. The second kappa shape index (κ2) is 9.45. The van der Waals surface area contributed by atoms with Gasteiger partial charge in [0.05, 0.1) is 12.9 Å². The molecule has 31 heavy (non-hydrogen) atoms. The zero-order valence-corrected chi connectivity index (χ0v) is 17.8. The lowest BCUT2D eigenvalue weighted by molar-refractivity contribution is 0.0921. The van der Waals surface area contributed by atoms with Gasteiger partial charge < -0.3 is 9.73 Å². The first-order valence-electron chi connectivity index (χ1n) is 11.0. The molecule has 0 unspecified atom stereocenters. The molecule has 1 saturated carbocycles. The molecule has 0 radical (unpaired) electrons. The van der Waals surface area contributed by atoms with Crippen LogP contribution in [0.5, 0.6) is 0 Å². The molecular weight excluding hydrogens is 397 g/mol. The maximum absolute atomic E-state index is 13.2. The summed E-state index contributed by atoms with van der Waals surface area (Å²) in [6, 6.07) is 7.19. The molecule has 0 saturated heterocycles. The Morgan fingerprint density at radius 2 is 2.06 bits per heavy atom. The number of pyridine rings is 2. The van der Waals surface area contributed by atoms with E-state index in [0.29, 0.717) is 42.1 Å². The van der Waals surface area contributed by atoms with Crippen LogP contribution >= 0.6 is 0 Å². The summed E-state index contributed by atoms with van der Waals surface area (Å²) < 4.78 is 19.6. The van der Waals surface area contributed by atoms with Crippen molar-refractivity contribution >= 4 is 16.9 Å². The molecular formula is C24H28FN3O3. The third-order valence-corrected chi connectivity index (χ3v) is 6.09. The lowest BCUT2D eigenvalue weighted by atomic mass is 9.87. The summed E-state index contributed by atoms with van der Waals surface area (Å²) in [5, 5.41) is 3.72. The fraction of sp³-hybridized carbons (Fsp3) is 0.458. The van der Waals surface area contributed by atoms with Crippen molar-refractivity contribution in [3.8, 4) is 11.3 Å². The van der Waals surface area contributed by atoms with E-state index in [1.54, 1.807) is 24.6 Å². The Bertz CT molecular complexity index is 1100. The quantitative estimate of drug-likeness (QED) is 0.556. The number of furan rings is 1. The summed E-state index contributed by atoms with van der Waals surface area (Å²) in [7, 11) is 0. The molecule has 1 aliphatic rings. The van der Waals surface area contributed by atoms with E-state index in [9.17, 15) is 14.0 Å². The number of aryl methyl sites for hydroxylation is 1. The van der Waals surface area contributed by atoms with Gasteiger partial charge >= 0.3 is 0 Å². The number of amides is 1. The largest absolute Gasteiger partial charge is 0.464 e. The molecule has 4 rings (SSSR count). The SMILES string of the molecule is CC1CCC(NC(=O)c2cc3cc(-c4ccco4)cnc3n(CCCCF)c2=O)CC1. The summed E-state index contributed by atoms with van der Waals surface area (Å²) in [6.07, 6.45) is 8.09. The van der Waals surface area contributed by atoms with Crippen LogP contribution in [-0.2, 0) is 6.54 Å². The van der Waals surface area contributed by atoms with Gasteiger partial charge in [-0.2, -0.15) is 0 Å². The molecule has 164 valence electrons. The molecule has 1 amide bonds. The third-order valence-electron chi connectivity index (χ3n) is 6.09. The van der Waals surface area contributed by atoms with Gasteiger partial charge in [0, 0.05) is 29.7 Å². The van der Waals surface area contributed by atoms with Crippen molar-refractivity contribution < 1.29 is 13.6 Å². The van der Waals surface area contributed by atoms with E-state index in [0.717, 1.165) is 31.2 Å². The summed E-state index contributed by atoms with van der Waals surface area (Å²) in [4.78, 5) is 30.7. The van der Waals surface area contributed by atoms with Crippen LogP contribution in [0.3, 0.4) is 0 Å². The van der Waals surface area contributed by atoms with Gasteiger partial charge in [-0.3, -0.25) is 18.5 Å². The number of carbonyl (C=O) groups excluding carboxylic acids is 1. The predicted molar refractivity (Wildman–Crippen MR) is 118 cm³/mol. The monoisotopic (exact) mass is 425 g/mol. The average Bonchev–Trinajstić information content (AvgIpc) is 3.31.